The van der Waals surface area contributed by atoms with Gasteiger partial charge in [-0.3, -0.25) is 9.59 Å². The fourth-order valence-corrected chi connectivity index (χ4v) is 4.30. The number of carbonyl (C=O) groups is 2. The van der Waals surface area contributed by atoms with Gasteiger partial charge in [-0.2, -0.15) is 0 Å². The highest BCUT2D eigenvalue weighted by molar-refractivity contribution is 7.13. The summed E-state index contributed by atoms with van der Waals surface area (Å²) < 4.78 is 0. The lowest BCUT2D eigenvalue weighted by Gasteiger charge is -2.32. The number of nitrogens with zero attached hydrogens (tertiary/aromatic N) is 1. The van der Waals surface area contributed by atoms with Crippen LogP contribution in [0.25, 0.3) is 0 Å². The average Bonchev–Trinajstić information content (AvgIpc) is 3.24. The van der Waals surface area contributed by atoms with Crippen LogP contribution in [0.15, 0.2) is 70.3 Å². The number of aliphatic hydroxyl groups is 1. The molecule has 3 N–H and O–H groups in total. The van der Waals surface area contributed by atoms with Crippen molar-refractivity contribution in [1.82, 2.24) is 10.3 Å². The molecule has 1 aromatic rings. The molecule has 33 heavy (non-hydrogen) atoms. The summed E-state index contributed by atoms with van der Waals surface area (Å²) in [4.78, 5) is 28.4. The first kappa shape index (κ1) is 26.5. The van der Waals surface area contributed by atoms with E-state index in [9.17, 15) is 14.7 Å². The molecular weight excluding hydrogens is 434 g/mol. The van der Waals surface area contributed by atoms with Crippen LogP contribution < -0.4 is 10.6 Å². The van der Waals surface area contributed by atoms with Crippen LogP contribution in [0.2, 0.25) is 0 Å². The van der Waals surface area contributed by atoms with Gasteiger partial charge in [0.25, 0.3) is 5.91 Å². The third-order valence-corrected chi connectivity index (χ3v) is 6.30. The maximum atomic E-state index is 12.2. The number of rotatable bonds is 9. The van der Waals surface area contributed by atoms with E-state index in [0.29, 0.717) is 5.13 Å². The van der Waals surface area contributed by atoms with Crippen LogP contribution in [-0.4, -0.2) is 34.6 Å². The molecule has 1 atom stereocenters. The van der Waals surface area contributed by atoms with E-state index in [1.54, 1.807) is 18.5 Å². The van der Waals surface area contributed by atoms with Crippen molar-refractivity contribution in [3.63, 3.8) is 0 Å². The maximum absolute atomic E-state index is 12.2. The van der Waals surface area contributed by atoms with E-state index in [1.165, 1.54) is 47.8 Å². The molecule has 1 aliphatic carbocycles. The molecule has 1 aromatic heterocycles. The van der Waals surface area contributed by atoms with Crippen molar-refractivity contribution in [3.8, 4) is 0 Å². The zero-order valence-corrected chi connectivity index (χ0v) is 21.0. The number of aliphatic hydroxyl groups excluding tert-OH is 1. The van der Waals surface area contributed by atoms with Gasteiger partial charge in [0.2, 0.25) is 5.91 Å². The standard InChI is InChI=1S/C26H35N3O3S/c1-18(11-12-21-20(3)10-7-13-26(21,4)5)8-6-9-19(2)16-23(31)28-22(17-30)24(32)29-25-27-14-15-33-25/h6,8-9,11-12,14-16,22,30H,7,10,13,17H2,1-5H3,(H,28,31)(H,27,29,32). The van der Waals surface area contributed by atoms with Gasteiger partial charge in [0.1, 0.15) is 6.04 Å². The molecule has 0 aliphatic heterocycles. The number of hydrogen-bond acceptors (Lipinski definition) is 5. The minimum atomic E-state index is -1.05. The average molecular weight is 470 g/mol. The Morgan fingerprint density at radius 1 is 1.27 bits per heavy atom. The maximum Gasteiger partial charge on any atom is 0.251 e. The Balaban J connectivity index is 1.93. The highest BCUT2D eigenvalue weighted by Gasteiger charge is 2.26. The predicted molar refractivity (Wildman–Crippen MR) is 136 cm³/mol. The van der Waals surface area contributed by atoms with E-state index in [0.717, 1.165) is 11.1 Å². The molecule has 1 aliphatic rings. The summed E-state index contributed by atoms with van der Waals surface area (Å²) in [5, 5.41) is 16.7. The fourth-order valence-electron chi connectivity index (χ4n) is 3.77. The predicted octanol–water partition coefficient (Wildman–Crippen LogP) is 5.09. The van der Waals surface area contributed by atoms with Gasteiger partial charge in [0.05, 0.1) is 6.61 Å². The molecule has 0 radical (unpaired) electrons. The third-order valence-electron chi connectivity index (χ3n) is 5.61. The molecule has 6 nitrogen and oxygen atoms in total. The lowest BCUT2D eigenvalue weighted by atomic mass is 9.72. The molecule has 0 bridgehead atoms. The van der Waals surface area contributed by atoms with Crippen molar-refractivity contribution in [2.75, 3.05) is 11.9 Å². The van der Waals surface area contributed by atoms with Crippen LogP contribution in [0, 0.1) is 5.41 Å². The Labute approximate surface area is 200 Å². The van der Waals surface area contributed by atoms with Crippen molar-refractivity contribution < 1.29 is 14.7 Å². The summed E-state index contributed by atoms with van der Waals surface area (Å²) in [6.07, 6.45) is 16.7. The second kappa shape index (κ2) is 12.5. The Kier molecular flexibility index (Phi) is 10.0. The molecule has 0 aromatic carbocycles. The molecule has 0 saturated carbocycles. The third kappa shape index (κ3) is 8.59. The molecule has 0 spiro atoms. The van der Waals surface area contributed by atoms with Crippen molar-refractivity contribution in [2.45, 2.75) is 59.9 Å². The Bertz CT molecular complexity index is 982. The highest BCUT2D eigenvalue weighted by Crippen LogP contribution is 2.40. The van der Waals surface area contributed by atoms with Gasteiger partial charge in [-0.15, -0.1) is 11.3 Å². The SMILES string of the molecule is CC(C=CC1=C(C)CCCC1(C)C)=CC=CC(C)=CC(=O)NC(CO)C(=O)Nc1nccs1. The Morgan fingerprint density at radius 2 is 2.03 bits per heavy atom. The molecule has 0 saturated heterocycles. The van der Waals surface area contributed by atoms with Crippen LogP contribution in [-0.2, 0) is 9.59 Å². The number of thiazole rings is 1. The highest BCUT2D eigenvalue weighted by atomic mass is 32.1. The number of allylic oxidation sites excluding steroid dienone is 9. The first-order chi connectivity index (χ1) is 15.6. The molecule has 0 fully saturated rings. The number of amides is 2. The minimum Gasteiger partial charge on any atom is -0.394 e. The van der Waals surface area contributed by atoms with Gasteiger partial charge in [-0.05, 0) is 56.6 Å². The smallest absolute Gasteiger partial charge is 0.251 e. The molecule has 7 heteroatoms. The number of anilines is 1. The molecule has 2 rings (SSSR count). The molecule has 1 heterocycles. The second-order valence-corrected chi connectivity index (χ2v) is 9.89. The molecule has 178 valence electrons. The summed E-state index contributed by atoms with van der Waals surface area (Å²) in [5.41, 5.74) is 4.95. The lowest BCUT2D eigenvalue weighted by Crippen LogP contribution is -2.45. The molecular formula is C26H35N3O3S. The minimum absolute atomic E-state index is 0.214. The summed E-state index contributed by atoms with van der Waals surface area (Å²) in [6.45, 7) is 10.2. The van der Waals surface area contributed by atoms with Crippen molar-refractivity contribution in [2.24, 2.45) is 5.41 Å². The van der Waals surface area contributed by atoms with Gasteiger partial charge in [-0.1, -0.05) is 55.4 Å². The van der Waals surface area contributed by atoms with Gasteiger partial charge < -0.3 is 15.7 Å². The monoisotopic (exact) mass is 469 g/mol. The first-order valence-electron chi connectivity index (χ1n) is 11.2. The van der Waals surface area contributed by atoms with Crippen LogP contribution in [0.3, 0.4) is 0 Å². The summed E-state index contributed by atoms with van der Waals surface area (Å²) in [7, 11) is 0. The molecule has 1 unspecified atom stereocenters. The van der Waals surface area contributed by atoms with Gasteiger partial charge in [0.15, 0.2) is 5.13 Å². The summed E-state index contributed by atoms with van der Waals surface area (Å²) in [5.74, 6) is -0.965. The van der Waals surface area contributed by atoms with Crippen molar-refractivity contribution in [1.29, 1.82) is 0 Å². The van der Waals surface area contributed by atoms with Gasteiger partial charge in [-0.25, -0.2) is 4.98 Å². The topological polar surface area (TPSA) is 91.3 Å². The Morgan fingerprint density at radius 3 is 2.67 bits per heavy atom. The number of carbonyl (C=O) groups excluding carboxylic acids is 2. The van der Waals surface area contributed by atoms with Gasteiger partial charge in [0, 0.05) is 17.7 Å². The van der Waals surface area contributed by atoms with E-state index < -0.39 is 24.5 Å². The van der Waals surface area contributed by atoms with Gasteiger partial charge >= 0.3 is 0 Å². The van der Waals surface area contributed by atoms with Crippen molar-refractivity contribution >= 4 is 28.3 Å². The van der Waals surface area contributed by atoms with E-state index in [1.807, 2.05) is 25.2 Å². The summed E-state index contributed by atoms with van der Waals surface area (Å²) >= 11 is 1.26. The number of aromatic nitrogens is 1. The van der Waals surface area contributed by atoms with Crippen molar-refractivity contribution in [3.05, 3.63) is 70.3 Å². The zero-order valence-electron chi connectivity index (χ0n) is 20.1. The summed E-state index contributed by atoms with van der Waals surface area (Å²) in [6, 6.07) is -1.05. The van der Waals surface area contributed by atoms with E-state index in [4.69, 9.17) is 0 Å². The normalized spacial score (nSPS) is 18.1. The lowest BCUT2D eigenvalue weighted by molar-refractivity contribution is -0.124. The first-order valence-corrected chi connectivity index (χ1v) is 12.0. The largest absolute Gasteiger partial charge is 0.394 e. The fraction of sp³-hybridized carbons (Fsp3) is 0.423. The number of hydrogen-bond donors (Lipinski definition) is 3. The zero-order chi connectivity index (χ0) is 24.4. The second-order valence-electron chi connectivity index (χ2n) is 8.99. The van der Waals surface area contributed by atoms with Crippen LogP contribution >= 0.6 is 11.3 Å². The van der Waals surface area contributed by atoms with Crippen LogP contribution in [0.5, 0.6) is 0 Å². The quantitative estimate of drug-likeness (QED) is 0.347. The van der Waals surface area contributed by atoms with Crippen LogP contribution in [0.1, 0.15) is 53.9 Å². The number of nitrogens with one attached hydrogen (secondary N) is 2. The van der Waals surface area contributed by atoms with E-state index in [-0.39, 0.29) is 5.41 Å². The molecule has 2 amide bonds. The van der Waals surface area contributed by atoms with Crippen LogP contribution in [0.4, 0.5) is 5.13 Å². The van der Waals surface area contributed by atoms with E-state index >= 15 is 0 Å². The van der Waals surface area contributed by atoms with E-state index in [2.05, 4.69) is 48.5 Å². The Hall–Kier alpha value is -2.77.